The molecule has 60 valence electrons. The molecule has 2 atom stereocenters. The number of aliphatic carboxylic acids is 1. The van der Waals surface area contributed by atoms with Gasteiger partial charge in [-0.3, -0.25) is 0 Å². The summed E-state index contributed by atoms with van der Waals surface area (Å²) in [7, 11) is 0. The van der Waals surface area contributed by atoms with E-state index in [9.17, 15) is 4.79 Å². The highest BCUT2D eigenvalue weighted by atomic mass is 16.4. The third-order valence-corrected chi connectivity index (χ3v) is 1.59. The van der Waals surface area contributed by atoms with Crippen LogP contribution < -0.4 is 5.73 Å². The Labute approximate surface area is 59.7 Å². The molecule has 4 heteroatoms. The van der Waals surface area contributed by atoms with Crippen molar-refractivity contribution in [3.8, 4) is 0 Å². The van der Waals surface area contributed by atoms with Crippen LogP contribution in [0, 0.1) is 0 Å². The molecule has 0 aliphatic rings. The van der Waals surface area contributed by atoms with Crippen LogP contribution in [0.5, 0.6) is 0 Å². The second-order valence-electron chi connectivity index (χ2n) is 2.47. The molecule has 0 fully saturated rings. The van der Waals surface area contributed by atoms with Crippen LogP contribution in [0.15, 0.2) is 0 Å². The Bertz CT molecular complexity index is 133. The smallest absolute Gasteiger partial charge is 0.337 e. The van der Waals surface area contributed by atoms with Crippen molar-refractivity contribution in [2.45, 2.75) is 31.9 Å². The minimum absolute atomic E-state index is 0.444. The summed E-state index contributed by atoms with van der Waals surface area (Å²) in [6, 6.07) is -0.704. The third-order valence-electron chi connectivity index (χ3n) is 1.59. The summed E-state index contributed by atoms with van der Waals surface area (Å²) >= 11 is 0. The maximum atomic E-state index is 10.3. The largest absolute Gasteiger partial charge is 0.479 e. The third kappa shape index (κ3) is 1.68. The van der Waals surface area contributed by atoms with Gasteiger partial charge in [0.1, 0.15) is 0 Å². The van der Waals surface area contributed by atoms with Gasteiger partial charge in [-0.2, -0.15) is 0 Å². The number of hydrogen-bond donors (Lipinski definition) is 3. The number of carboxylic acids is 1. The lowest BCUT2D eigenvalue weighted by atomic mass is 9.96. The van der Waals surface area contributed by atoms with E-state index in [1.807, 2.05) is 0 Å². The average Bonchev–Trinajstić information content (AvgIpc) is 1.86. The van der Waals surface area contributed by atoms with Crippen LogP contribution >= 0.6 is 0 Å². The number of hydrogen-bond acceptors (Lipinski definition) is 3. The molecule has 0 heterocycles. The van der Waals surface area contributed by atoms with Crippen molar-refractivity contribution in [2.75, 3.05) is 0 Å². The van der Waals surface area contributed by atoms with E-state index in [0.29, 0.717) is 6.42 Å². The summed E-state index contributed by atoms with van der Waals surface area (Å²) in [5.74, 6) is -1.28. The van der Waals surface area contributed by atoms with Crippen LogP contribution in [-0.2, 0) is 4.79 Å². The monoisotopic (exact) mass is 147 g/mol. The van der Waals surface area contributed by atoms with Gasteiger partial charge in [-0.05, 0) is 13.3 Å². The maximum absolute atomic E-state index is 10.3. The predicted octanol–water partition coefficient (Wildman–Crippen LogP) is -0.441. The first-order valence-electron chi connectivity index (χ1n) is 3.14. The second-order valence-corrected chi connectivity index (χ2v) is 2.47. The van der Waals surface area contributed by atoms with Gasteiger partial charge in [0, 0.05) is 6.04 Å². The Kier molecular flexibility index (Phi) is 2.80. The lowest BCUT2D eigenvalue weighted by molar-refractivity contribution is -0.158. The molecule has 0 rings (SSSR count). The van der Waals surface area contributed by atoms with Crippen molar-refractivity contribution in [3.05, 3.63) is 0 Å². The molecule has 0 unspecified atom stereocenters. The topological polar surface area (TPSA) is 83.5 Å². The lowest BCUT2D eigenvalue weighted by Gasteiger charge is -2.23. The molecule has 0 saturated heterocycles. The van der Waals surface area contributed by atoms with Gasteiger partial charge in [-0.25, -0.2) is 4.79 Å². The van der Waals surface area contributed by atoms with Gasteiger partial charge in [0.2, 0.25) is 0 Å². The Morgan fingerprint density at radius 3 is 2.30 bits per heavy atom. The molecular formula is C6H13NO3. The molecule has 4 nitrogen and oxygen atoms in total. The van der Waals surface area contributed by atoms with Crippen LogP contribution in [0.1, 0.15) is 20.3 Å². The summed E-state index contributed by atoms with van der Waals surface area (Å²) in [4.78, 5) is 10.3. The molecule has 0 aliphatic carbocycles. The van der Waals surface area contributed by atoms with E-state index in [1.54, 1.807) is 6.92 Å². The summed E-state index contributed by atoms with van der Waals surface area (Å²) in [5, 5.41) is 17.5. The molecule has 10 heavy (non-hydrogen) atoms. The summed E-state index contributed by atoms with van der Waals surface area (Å²) in [5.41, 5.74) is 3.52. The van der Waals surface area contributed by atoms with Gasteiger partial charge < -0.3 is 15.9 Å². The van der Waals surface area contributed by atoms with E-state index in [2.05, 4.69) is 0 Å². The molecule has 0 bridgehead atoms. The van der Waals surface area contributed by atoms with E-state index < -0.39 is 17.6 Å². The first-order valence-corrected chi connectivity index (χ1v) is 3.14. The van der Waals surface area contributed by atoms with Crippen molar-refractivity contribution in [2.24, 2.45) is 5.73 Å². The quantitative estimate of drug-likeness (QED) is 0.505. The van der Waals surface area contributed by atoms with Gasteiger partial charge in [0.05, 0.1) is 0 Å². The zero-order valence-corrected chi connectivity index (χ0v) is 6.16. The van der Waals surface area contributed by atoms with Gasteiger partial charge in [-0.15, -0.1) is 0 Å². The Hall–Kier alpha value is -0.610. The van der Waals surface area contributed by atoms with Crippen LogP contribution in [0.25, 0.3) is 0 Å². The standard InChI is InChI=1S/C6H13NO3/c1-3-4(7)6(2,10)5(8)9/h4,10H,3,7H2,1-2H3,(H,8,9)/t4-,6-/m0/s1. The number of carboxylic acid groups (broad SMARTS) is 1. The highest BCUT2D eigenvalue weighted by molar-refractivity contribution is 5.77. The first kappa shape index (κ1) is 9.39. The van der Waals surface area contributed by atoms with Gasteiger partial charge in [0.15, 0.2) is 5.60 Å². The van der Waals surface area contributed by atoms with Crippen LogP contribution in [-0.4, -0.2) is 27.8 Å². The molecule has 0 saturated carbocycles. The average molecular weight is 147 g/mol. The van der Waals surface area contributed by atoms with Crippen molar-refractivity contribution in [1.29, 1.82) is 0 Å². The lowest BCUT2D eigenvalue weighted by Crippen LogP contribution is -2.51. The number of rotatable bonds is 3. The second kappa shape index (κ2) is 2.98. The zero-order chi connectivity index (χ0) is 8.36. The first-order chi connectivity index (χ1) is 4.42. The van der Waals surface area contributed by atoms with Crippen molar-refractivity contribution in [3.63, 3.8) is 0 Å². The maximum Gasteiger partial charge on any atom is 0.337 e. The molecule has 0 aromatic rings. The number of nitrogens with two attached hydrogens (primary N) is 1. The van der Waals surface area contributed by atoms with Crippen LogP contribution in [0.4, 0.5) is 0 Å². The Morgan fingerprint density at radius 2 is 2.20 bits per heavy atom. The minimum atomic E-state index is -1.80. The fourth-order valence-electron chi connectivity index (χ4n) is 0.556. The summed E-state index contributed by atoms with van der Waals surface area (Å²) in [6.07, 6.45) is 0.444. The highest BCUT2D eigenvalue weighted by Crippen LogP contribution is 2.10. The predicted molar refractivity (Wildman–Crippen MR) is 36.5 cm³/mol. The molecule has 0 aromatic heterocycles. The van der Waals surface area contributed by atoms with Crippen molar-refractivity contribution >= 4 is 5.97 Å². The number of aliphatic hydroxyl groups is 1. The van der Waals surface area contributed by atoms with Crippen molar-refractivity contribution < 1.29 is 15.0 Å². The van der Waals surface area contributed by atoms with Crippen LogP contribution in [0.3, 0.4) is 0 Å². The van der Waals surface area contributed by atoms with Gasteiger partial charge in [0.25, 0.3) is 0 Å². The van der Waals surface area contributed by atoms with Gasteiger partial charge >= 0.3 is 5.97 Å². The highest BCUT2D eigenvalue weighted by Gasteiger charge is 2.35. The zero-order valence-electron chi connectivity index (χ0n) is 6.16. The van der Waals surface area contributed by atoms with E-state index in [4.69, 9.17) is 15.9 Å². The fraction of sp³-hybridized carbons (Fsp3) is 0.833. The molecular weight excluding hydrogens is 134 g/mol. The molecule has 0 radical (unpaired) electrons. The summed E-state index contributed by atoms with van der Waals surface area (Å²) < 4.78 is 0. The van der Waals surface area contributed by atoms with Gasteiger partial charge in [-0.1, -0.05) is 6.92 Å². The van der Waals surface area contributed by atoms with Crippen molar-refractivity contribution in [1.82, 2.24) is 0 Å². The molecule has 0 spiro atoms. The van der Waals surface area contributed by atoms with E-state index in [0.717, 1.165) is 0 Å². The SMILES string of the molecule is CC[C@H](N)[C@](C)(O)C(=O)O. The van der Waals surface area contributed by atoms with E-state index >= 15 is 0 Å². The summed E-state index contributed by atoms with van der Waals surface area (Å²) in [6.45, 7) is 2.92. The van der Waals surface area contributed by atoms with Crippen LogP contribution in [0.2, 0.25) is 0 Å². The Balaban J connectivity index is 4.23. The minimum Gasteiger partial charge on any atom is -0.479 e. The number of carbonyl (C=O) groups is 1. The molecule has 4 N–H and O–H groups in total. The molecule has 0 aromatic carbocycles. The van der Waals surface area contributed by atoms with E-state index in [-0.39, 0.29) is 0 Å². The molecule has 0 aliphatic heterocycles. The normalized spacial score (nSPS) is 19.6. The molecule has 0 amide bonds. The fourth-order valence-corrected chi connectivity index (χ4v) is 0.556. The Morgan fingerprint density at radius 1 is 1.80 bits per heavy atom. The van der Waals surface area contributed by atoms with E-state index in [1.165, 1.54) is 6.92 Å².